The van der Waals surface area contributed by atoms with Crippen molar-refractivity contribution in [3.63, 3.8) is 0 Å². The van der Waals surface area contributed by atoms with E-state index in [9.17, 15) is 4.79 Å². The van der Waals surface area contributed by atoms with Crippen LogP contribution in [-0.2, 0) is 14.2 Å². The Kier molecular flexibility index (Phi) is 7.56. The van der Waals surface area contributed by atoms with Crippen LogP contribution in [0.1, 0.15) is 16.8 Å². The fourth-order valence-corrected chi connectivity index (χ4v) is 1.76. The summed E-state index contributed by atoms with van der Waals surface area (Å²) in [4.78, 5) is 13.9. The zero-order chi connectivity index (χ0) is 15.7. The Bertz CT molecular complexity index is 449. The third-order valence-electron chi connectivity index (χ3n) is 2.82. The Morgan fingerprint density at radius 1 is 1.19 bits per heavy atom. The van der Waals surface area contributed by atoms with Gasteiger partial charge < -0.3 is 24.8 Å². The first-order chi connectivity index (χ1) is 10.1. The lowest BCUT2D eigenvalue weighted by Gasteiger charge is -2.17. The van der Waals surface area contributed by atoms with Crippen LogP contribution in [0.3, 0.4) is 0 Å². The van der Waals surface area contributed by atoms with E-state index in [1.54, 1.807) is 25.3 Å². The third-order valence-corrected chi connectivity index (χ3v) is 2.82. The van der Waals surface area contributed by atoms with Gasteiger partial charge in [0.1, 0.15) is 0 Å². The van der Waals surface area contributed by atoms with Crippen LogP contribution in [0.15, 0.2) is 18.2 Å². The van der Waals surface area contributed by atoms with Crippen LogP contribution >= 0.6 is 0 Å². The predicted molar refractivity (Wildman–Crippen MR) is 82.8 cm³/mol. The van der Waals surface area contributed by atoms with Gasteiger partial charge in [0.2, 0.25) is 0 Å². The summed E-state index contributed by atoms with van der Waals surface area (Å²) in [7, 11) is 5.36. The minimum Gasteiger partial charge on any atom is -0.462 e. The number of esters is 1. The second-order valence-electron chi connectivity index (χ2n) is 4.77. The number of methoxy groups -OCH3 is 1. The van der Waals surface area contributed by atoms with Gasteiger partial charge in [0.05, 0.1) is 31.1 Å². The van der Waals surface area contributed by atoms with E-state index in [4.69, 9.17) is 19.9 Å². The third kappa shape index (κ3) is 6.01. The number of nitrogen functional groups attached to an aromatic ring is 1. The summed E-state index contributed by atoms with van der Waals surface area (Å²) < 4.78 is 15.4. The summed E-state index contributed by atoms with van der Waals surface area (Å²) in [5.41, 5.74) is 7.52. The van der Waals surface area contributed by atoms with E-state index < -0.39 is 0 Å². The molecule has 0 spiro atoms. The molecule has 6 nitrogen and oxygen atoms in total. The normalized spacial score (nSPS) is 10.4. The highest BCUT2D eigenvalue weighted by Gasteiger charge is 2.14. The molecule has 0 heterocycles. The van der Waals surface area contributed by atoms with Gasteiger partial charge in [-0.25, -0.2) is 4.79 Å². The molecule has 0 aliphatic heterocycles. The first kappa shape index (κ1) is 17.3. The van der Waals surface area contributed by atoms with Crippen LogP contribution in [0.4, 0.5) is 11.4 Å². The highest BCUT2D eigenvalue weighted by atomic mass is 16.5. The molecule has 0 atom stereocenters. The summed E-state index contributed by atoms with van der Waals surface area (Å²) in [5.74, 6) is -0.372. The molecule has 0 saturated heterocycles. The number of carbonyl (C=O) groups is 1. The SMILES string of the molecule is COCCOCCCOC(=O)c1cc(N)ccc1N(C)C. The maximum atomic E-state index is 12.1. The van der Waals surface area contributed by atoms with Crippen LogP contribution in [0.2, 0.25) is 0 Å². The standard InChI is InChI=1S/C15H24N2O4/c1-17(2)14-6-5-12(16)11-13(14)15(18)21-8-4-7-20-10-9-19-3/h5-6,11H,4,7-10,16H2,1-3H3. The molecule has 0 unspecified atom stereocenters. The molecule has 6 heteroatoms. The average molecular weight is 296 g/mol. The van der Waals surface area contributed by atoms with Gasteiger partial charge in [-0.3, -0.25) is 0 Å². The van der Waals surface area contributed by atoms with E-state index in [1.807, 2.05) is 19.0 Å². The molecule has 1 aromatic carbocycles. The van der Waals surface area contributed by atoms with Crippen molar-refractivity contribution >= 4 is 17.3 Å². The zero-order valence-electron chi connectivity index (χ0n) is 12.9. The monoisotopic (exact) mass is 296 g/mol. The number of anilines is 2. The van der Waals surface area contributed by atoms with Gasteiger partial charge in [0.15, 0.2) is 0 Å². The molecule has 0 radical (unpaired) electrons. The molecule has 21 heavy (non-hydrogen) atoms. The van der Waals surface area contributed by atoms with Gasteiger partial charge in [-0.1, -0.05) is 0 Å². The molecule has 0 aromatic heterocycles. The minimum atomic E-state index is -0.372. The fraction of sp³-hybridized carbons (Fsp3) is 0.533. The molecule has 1 rings (SSSR count). The number of carbonyl (C=O) groups excluding carboxylic acids is 1. The van der Waals surface area contributed by atoms with E-state index in [1.165, 1.54) is 0 Å². The van der Waals surface area contributed by atoms with Crippen LogP contribution in [0.25, 0.3) is 0 Å². The first-order valence-electron chi connectivity index (χ1n) is 6.87. The lowest BCUT2D eigenvalue weighted by molar-refractivity contribution is 0.0386. The number of hydrogen-bond donors (Lipinski definition) is 1. The maximum Gasteiger partial charge on any atom is 0.340 e. The Balaban J connectivity index is 2.43. The average Bonchev–Trinajstić information content (AvgIpc) is 2.45. The number of benzene rings is 1. The van der Waals surface area contributed by atoms with Crippen molar-refractivity contribution in [2.75, 3.05) is 58.3 Å². The highest BCUT2D eigenvalue weighted by molar-refractivity contribution is 5.96. The van der Waals surface area contributed by atoms with Gasteiger partial charge in [-0.2, -0.15) is 0 Å². The van der Waals surface area contributed by atoms with Gasteiger partial charge in [-0.05, 0) is 18.2 Å². The lowest BCUT2D eigenvalue weighted by atomic mass is 10.1. The number of nitrogens with zero attached hydrogens (tertiary/aromatic N) is 1. The van der Waals surface area contributed by atoms with Crippen LogP contribution in [0, 0.1) is 0 Å². The van der Waals surface area contributed by atoms with E-state index in [0.29, 0.717) is 44.1 Å². The van der Waals surface area contributed by atoms with E-state index in [0.717, 1.165) is 5.69 Å². The summed E-state index contributed by atoms with van der Waals surface area (Å²) >= 11 is 0. The Morgan fingerprint density at radius 2 is 1.95 bits per heavy atom. The molecule has 0 saturated carbocycles. The van der Waals surface area contributed by atoms with Crippen molar-refractivity contribution in [3.05, 3.63) is 23.8 Å². The molecular formula is C15H24N2O4. The van der Waals surface area contributed by atoms with Crippen LogP contribution in [-0.4, -0.2) is 53.6 Å². The van der Waals surface area contributed by atoms with Crippen molar-refractivity contribution in [2.24, 2.45) is 0 Å². The molecule has 0 fully saturated rings. The smallest absolute Gasteiger partial charge is 0.340 e. The molecule has 0 aliphatic rings. The molecular weight excluding hydrogens is 272 g/mol. The van der Waals surface area contributed by atoms with Crippen molar-refractivity contribution < 1.29 is 19.0 Å². The summed E-state index contributed by atoms with van der Waals surface area (Å²) in [5, 5.41) is 0. The van der Waals surface area contributed by atoms with Crippen molar-refractivity contribution in [2.45, 2.75) is 6.42 Å². The van der Waals surface area contributed by atoms with E-state index in [2.05, 4.69) is 0 Å². The molecule has 0 amide bonds. The zero-order valence-corrected chi connectivity index (χ0v) is 12.9. The highest BCUT2D eigenvalue weighted by Crippen LogP contribution is 2.22. The minimum absolute atomic E-state index is 0.313. The van der Waals surface area contributed by atoms with E-state index in [-0.39, 0.29) is 5.97 Å². The lowest BCUT2D eigenvalue weighted by Crippen LogP contribution is -2.16. The fourth-order valence-electron chi connectivity index (χ4n) is 1.76. The second kappa shape index (κ2) is 9.20. The Hall–Kier alpha value is -1.79. The number of hydrogen-bond acceptors (Lipinski definition) is 6. The van der Waals surface area contributed by atoms with Crippen LogP contribution < -0.4 is 10.6 Å². The molecule has 1 aromatic rings. The number of rotatable bonds is 9. The number of ether oxygens (including phenoxy) is 3. The molecule has 2 N–H and O–H groups in total. The topological polar surface area (TPSA) is 74.0 Å². The quantitative estimate of drug-likeness (QED) is 0.423. The molecule has 0 aliphatic carbocycles. The first-order valence-corrected chi connectivity index (χ1v) is 6.87. The summed E-state index contributed by atoms with van der Waals surface area (Å²) in [6.45, 7) is 1.96. The van der Waals surface area contributed by atoms with Crippen molar-refractivity contribution in [3.8, 4) is 0 Å². The Labute approximate surface area is 125 Å². The second-order valence-corrected chi connectivity index (χ2v) is 4.77. The number of nitrogens with two attached hydrogens (primary N) is 1. The molecule has 118 valence electrons. The Morgan fingerprint density at radius 3 is 2.62 bits per heavy atom. The van der Waals surface area contributed by atoms with Gasteiger partial charge >= 0.3 is 5.97 Å². The summed E-state index contributed by atoms with van der Waals surface area (Å²) in [6, 6.07) is 5.20. The maximum absolute atomic E-state index is 12.1. The van der Waals surface area contributed by atoms with E-state index >= 15 is 0 Å². The van der Waals surface area contributed by atoms with Gasteiger partial charge in [-0.15, -0.1) is 0 Å². The molecule has 0 bridgehead atoms. The van der Waals surface area contributed by atoms with Crippen molar-refractivity contribution in [1.82, 2.24) is 0 Å². The predicted octanol–water partition coefficient (Wildman–Crippen LogP) is 1.54. The van der Waals surface area contributed by atoms with Gasteiger partial charge in [0.25, 0.3) is 0 Å². The largest absolute Gasteiger partial charge is 0.462 e. The summed E-state index contributed by atoms with van der Waals surface area (Å²) in [6.07, 6.45) is 0.648. The van der Waals surface area contributed by atoms with Crippen LogP contribution in [0.5, 0.6) is 0 Å². The van der Waals surface area contributed by atoms with Gasteiger partial charge in [0, 0.05) is 39.9 Å². The van der Waals surface area contributed by atoms with Crippen molar-refractivity contribution in [1.29, 1.82) is 0 Å².